The summed E-state index contributed by atoms with van der Waals surface area (Å²) < 4.78 is 79.4. The van der Waals surface area contributed by atoms with E-state index in [-0.39, 0.29) is 69.0 Å². The van der Waals surface area contributed by atoms with Gasteiger partial charge in [0.25, 0.3) is 0 Å². The number of carbonyl (C=O) groups is 3. The first-order valence-corrected chi connectivity index (χ1v) is 37.1. The SMILES string of the molecule is COc1ccc(C(OC[C@H]2OC[C@@H](n3cnc4c(N(C(=O)OCC5c6ccccc6-c6ccccc65)C(=O)OCC5c6ccccc6-c6ccccc65)ncnc43)[C@H](OC(=O)OCC3c4ccccc4-c4ccccc43)[C@@H]2OP(=O)(OCCC#N)N(C(C)C)C(C)C)(c2ccccc2)c2ccccc2)cc1. The third kappa shape index (κ3) is 13.3. The number of methoxy groups -OCH3 is 1. The Bertz CT molecular complexity index is 4830. The van der Waals surface area contributed by atoms with E-state index < -0.39 is 80.0 Å². The van der Waals surface area contributed by atoms with Crippen molar-refractivity contribution in [1.82, 2.24) is 24.2 Å². The monoisotopic (exact) mass is 1440 g/mol. The predicted octanol–water partition coefficient (Wildman–Crippen LogP) is 17.4. The number of imidazole rings is 1. The summed E-state index contributed by atoms with van der Waals surface area (Å²) >= 11 is 0. The fourth-order valence-electron chi connectivity index (χ4n) is 15.8. The fourth-order valence-corrected chi connectivity index (χ4v) is 18.2. The second kappa shape index (κ2) is 30.5. The van der Waals surface area contributed by atoms with Crippen molar-refractivity contribution in [2.45, 2.75) is 93.9 Å². The molecule has 1 unspecified atom stereocenters. The number of benzene rings is 9. The number of aromatic nitrogens is 4. The lowest BCUT2D eigenvalue weighted by atomic mass is 9.80. The molecule has 1 saturated heterocycles. The van der Waals surface area contributed by atoms with E-state index in [2.05, 4.69) is 11.1 Å². The van der Waals surface area contributed by atoms with Gasteiger partial charge in [0.15, 0.2) is 23.1 Å². The lowest BCUT2D eigenvalue weighted by Gasteiger charge is -2.46. The number of ether oxygens (including phenoxy) is 7. The molecule has 2 aromatic heterocycles. The van der Waals surface area contributed by atoms with E-state index in [1.54, 1.807) is 16.3 Å². The average molecular weight is 1440 g/mol. The van der Waals surface area contributed by atoms with Crippen molar-refractivity contribution in [2.24, 2.45) is 0 Å². The van der Waals surface area contributed by atoms with E-state index in [0.29, 0.717) is 11.3 Å². The van der Waals surface area contributed by atoms with Crippen LogP contribution in [0, 0.1) is 11.3 Å². The topological polar surface area (TPSA) is 225 Å². The van der Waals surface area contributed by atoms with Crippen molar-refractivity contribution < 1.29 is 61.2 Å². The van der Waals surface area contributed by atoms with Gasteiger partial charge in [0.05, 0.1) is 51.8 Å². The Labute approximate surface area is 614 Å². The van der Waals surface area contributed by atoms with E-state index >= 15 is 18.9 Å². The largest absolute Gasteiger partial charge is 0.508 e. The third-order valence-corrected chi connectivity index (χ3v) is 23.0. The zero-order valence-electron chi connectivity index (χ0n) is 59.1. The van der Waals surface area contributed by atoms with Gasteiger partial charge in [0.2, 0.25) is 0 Å². The molecule has 5 atom stereocenters. The van der Waals surface area contributed by atoms with Crippen molar-refractivity contribution in [2.75, 3.05) is 51.7 Å². The Balaban J connectivity index is 0.847. The quantitative estimate of drug-likeness (QED) is 0.0180. The Hall–Kier alpha value is -11.1. The highest BCUT2D eigenvalue weighted by Gasteiger charge is 2.53. The number of nitrogens with zero attached hydrogens (tertiary/aromatic N) is 7. The summed E-state index contributed by atoms with van der Waals surface area (Å²) in [6.07, 6.45) is -5.36. The molecule has 0 saturated carbocycles. The molecule has 0 bridgehead atoms. The molecule has 15 rings (SSSR count). The van der Waals surface area contributed by atoms with Gasteiger partial charge in [-0.05, 0) is 123 Å². The lowest BCUT2D eigenvalue weighted by Crippen LogP contribution is -2.56. The first-order valence-electron chi connectivity index (χ1n) is 35.6. The molecule has 1 aliphatic heterocycles. The Morgan fingerprint density at radius 3 is 1.43 bits per heavy atom. The standard InChI is InChI=1S/C85H78N7O13P/c1-54(2)92(55(3)4)106(96,103-46-24-45-86)105-79-76(51-102-85(56-25-8-6-9-26-56,57-27-10-7-11-28-57)58-41-43-59(97-5)44-42-58)98-50-75(78(79)104-84(95)101-49-74-70-39-22-16-33-64(70)65-34-17-23-40-71(65)74)90-53-89-77-80(90)87-52-88-81(77)91(82(93)99-47-72-66-35-18-12-29-60(66)61-30-13-19-36-67(61)72)83(94)100-48-73-68-37-20-14-31-62(68)63-32-15-21-38-69(63)73/h6-23,25-44,52-55,72-76,78-79H,24,46-51H2,1-5H3/t75-,76-,78+,79-,106?/m1/s1. The van der Waals surface area contributed by atoms with Gasteiger partial charge in [-0.3, -0.25) is 9.05 Å². The minimum Gasteiger partial charge on any atom is -0.497 e. The van der Waals surface area contributed by atoms with Crippen LogP contribution in [0.1, 0.15) is 108 Å². The van der Waals surface area contributed by atoms with Crippen LogP contribution in [0.5, 0.6) is 5.75 Å². The second-order valence-electron chi connectivity index (χ2n) is 27.1. The summed E-state index contributed by atoms with van der Waals surface area (Å²) in [7, 11) is -3.07. The Morgan fingerprint density at radius 2 is 0.991 bits per heavy atom. The van der Waals surface area contributed by atoms with Crippen molar-refractivity contribution in [3.05, 3.63) is 293 Å². The van der Waals surface area contributed by atoms with Crippen LogP contribution in [-0.4, -0.2) is 120 Å². The first-order chi connectivity index (χ1) is 51.8. The van der Waals surface area contributed by atoms with Gasteiger partial charge < -0.3 is 37.7 Å². The summed E-state index contributed by atoms with van der Waals surface area (Å²) in [5, 5.41) is 9.97. The molecule has 11 aromatic rings. The zero-order valence-corrected chi connectivity index (χ0v) is 60.0. The second-order valence-corrected chi connectivity index (χ2v) is 28.9. The predicted molar refractivity (Wildman–Crippen MR) is 399 cm³/mol. The summed E-state index contributed by atoms with van der Waals surface area (Å²) in [5.74, 6) is -0.862. The number of hydrogen-bond donors (Lipinski definition) is 0. The van der Waals surface area contributed by atoms with Gasteiger partial charge in [-0.1, -0.05) is 218 Å². The molecule has 3 aliphatic carbocycles. The molecule has 4 aliphatic rings. The highest BCUT2D eigenvalue weighted by Crippen LogP contribution is 2.58. The Morgan fingerprint density at radius 1 is 0.557 bits per heavy atom. The lowest BCUT2D eigenvalue weighted by molar-refractivity contribution is -0.185. The molecule has 20 nitrogen and oxygen atoms in total. The maximum Gasteiger partial charge on any atom is 0.508 e. The van der Waals surface area contributed by atoms with Crippen LogP contribution in [0.4, 0.5) is 20.2 Å². The van der Waals surface area contributed by atoms with E-state index in [0.717, 1.165) is 82.8 Å². The molecule has 536 valence electrons. The maximum absolute atomic E-state index is 16.5. The normalized spacial score (nSPS) is 17.2. The van der Waals surface area contributed by atoms with E-state index in [9.17, 15) is 5.26 Å². The smallest absolute Gasteiger partial charge is 0.497 e. The molecule has 1 fully saturated rings. The third-order valence-electron chi connectivity index (χ3n) is 20.4. The number of anilines is 1. The van der Waals surface area contributed by atoms with Gasteiger partial charge in [0, 0.05) is 29.8 Å². The van der Waals surface area contributed by atoms with Crippen molar-refractivity contribution in [1.29, 1.82) is 5.26 Å². The van der Waals surface area contributed by atoms with E-state index in [1.165, 1.54) is 12.7 Å². The average Bonchev–Trinajstić information content (AvgIpc) is 1.02. The molecule has 21 heteroatoms. The van der Waals surface area contributed by atoms with Crippen LogP contribution < -0.4 is 9.64 Å². The van der Waals surface area contributed by atoms with Crippen molar-refractivity contribution in [3.8, 4) is 45.2 Å². The molecular weight excluding hydrogens is 1360 g/mol. The number of nitriles is 1. The number of fused-ring (bicyclic) bond motifs is 10. The van der Waals surface area contributed by atoms with Gasteiger partial charge in [0.1, 0.15) is 49.7 Å². The van der Waals surface area contributed by atoms with Crippen molar-refractivity contribution in [3.63, 3.8) is 0 Å². The minimum absolute atomic E-state index is 0.0298. The number of carbonyl (C=O) groups excluding carboxylic acids is 3. The van der Waals surface area contributed by atoms with E-state index in [4.69, 9.17) is 52.2 Å². The van der Waals surface area contributed by atoms with Gasteiger partial charge >= 0.3 is 26.1 Å². The maximum atomic E-state index is 16.5. The van der Waals surface area contributed by atoms with Crippen LogP contribution in [0.25, 0.3) is 44.5 Å². The molecule has 3 heterocycles. The highest BCUT2D eigenvalue weighted by atomic mass is 31.2. The van der Waals surface area contributed by atoms with Gasteiger partial charge in [-0.25, -0.2) is 38.6 Å². The van der Waals surface area contributed by atoms with Gasteiger partial charge in [-0.15, -0.1) is 0 Å². The van der Waals surface area contributed by atoms with Crippen molar-refractivity contribution >= 4 is 43.1 Å². The number of imide groups is 1. The summed E-state index contributed by atoms with van der Waals surface area (Å²) in [6, 6.07) is 74.5. The molecule has 2 amide bonds. The molecule has 0 spiro atoms. The van der Waals surface area contributed by atoms with E-state index in [1.807, 2.05) is 258 Å². The van der Waals surface area contributed by atoms with Crippen LogP contribution >= 0.6 is 7.75 Å². The summed E-state index contributed by atoms with van der Waals surface area (Å²) in [4.78, 5) is 61.2. The molecule has 0 N–H and O–H groups in total. The molecule has 9 aromatic carbocycles. The summed E-state index contributed by atoms with van der Waals surface area (Å²) in [6.45, 7) is 5.97. The summed E-state index contributed by atoms with van der Waals surface area (Å²) in [5.41, 5.74) is 12.5. The van der Waals surface area contributed by atoms with Crippen LogP contribution in [0.15, 0.2) is 243 Å². The molecule has 0 radical (unpaired) electrons. The van der Waals surface area contributed by atoms with Gasteiger partial charge in [-0.2, -0.15) is 10.2 Å². The van der Waals surface area contributed by atoms with Crippen LogP contribution in [-0.2, 0) is 47.6 Å². The number of amides is 2. The molecular formula is C85H78N7O13P. The molecule has 106 heavy (non-hydrogen) atoms. The minimum atomic E-state index is -4.67. The number of rotatable bonds is 24. The fraction of sp³-hybridized carbons (Fsp3) is 0.259. The van der Waals surface area contributed by atoms with Crippen LogP contribution in [0.2, 0.25) is 0 Å². The Kier molecular flexibility index (Phi) is 20.3. The van der Waals surface area contributed by atoms with Crippen LogP contribution in [0.3, 0.4) is 0 Å². The zero-order chi connectivity index (χ0) is 73.1. The number of hydrogen-bond acceptors (Lipinski definition) is 17. The highest BCUT2D eigenvalue weighted by molar-refractivity contribution is 7.51. The first kappa shape index (κ1) is 70.5.